The van der Waals surface area contributed by atoms with Gasteiger partial charge in [-0.3, -0.25) is 9.97 Å². The number of aromatic nitrogens is 2. The van der Waals surface area contributed by atoms with Crippen LogP contribution in [0.1, 0.15) is 22.8 Å². The van der Waals surface area contributed by atoms with Gasteiger partial charge in [-0.05, 0) is 24.3 Å². The molecule has 0 aromatic carbocycles. The van der Waals surface area contributed by atoms with Gasteiger partial charge in [-0.25, -0.2) is 0 Å². The Morgan fingerprint density at radius 2 is 0.792 bits per heavy atom. The zero-order valence-corrected chi connectivity index (χ0v) is 14.0. The Morgan fingerprint density at radius 3 is 1.08 bits per heavy atom. The van der Waals surface area contributed by atoms with Crippen LogP contribution in [0.25, 0.3) is 0 Å². The fraction of sp³-hybridized carbons (Fsp3) is 0.444. The van der Waals surface area contributed by atoms with Crippen LogP contribution in [-0.2, 0) is 26.2 Å². The van der Waals surface area contributed by atoms with Crippen molar-refractivity contribution in [2.45, 2.75) is 26.2 Å². The van der Waals surface area contributed by atoms with Gasteiger partial charge in [0.05, 0.1) is 22.8 Å². The molecule has 0 aliphatic carbocycles. The molecule has 2 aromatic rings. The van der Waals surface area contributed by atoms with Crippen molar-refractivity contribution < 1.29 is 0 Å². The maximum Gasteiger partial charge on any atom is 0.0545 e. The van der Waals surface area contributed by atoms with Crippen LogP contribution in [0.15, 0.2) is 36.4 Å². The minimum absolute atomic E-state index is 0.796. The van der Waals surface area contributed by atoms with E-state index in [1.165, 1.54) is 0 Å². The first-order chi connectivity index (χ1) is 11.9. The number of hydrogen-bond donors (Lipinski definition) is 4. The van der Waals surface area contributed by atoms with Crippen molar-refractivity contribution in [3.05, 3.63) is 59.2 Å². The summed E-state index contributed by atoms with van der Waals surface area (Å²) in [5.74, 6) is 0. The van der Waals surface area contributed by atoms with E-state index in [1.807, 2.05) is 0 Å². The van der Waals surface area contributed by atoms with E-state index in [0.717, 1.165) is 75.1 Å². The highest BCUT2D eigenvalue weighted by atomic mass is 15.0. The molecule has 0 unspecified atom stereocenters. The topological polar surface area (TPSA) is 73.9 Å². The molecule has 0 saturated heterocycles. The predicted molar refractivity (Wildman–Crippen MR) is 95.3 cm³/mol. The van der Waals surface area contributed by atoms with E-state index >= 15 is 0 Å². The Hall–Kier alpha value is -1.86. The lowest BCUT2D eigenvalue weighted by Gasteiger charge is -2.11. The third kappa shape index (κ3) is 5.65. The summed E-state index contributed by atoms with van der Waals surface area (Å²) in [6.07, 6.45) is 0. The van der Waals surface area contributed by atoms with Crippen LogP contribution in [0.5, 0.6) is 0 Å². The van der Waals surface area contributed by atoms with Crippen LogP contribution >= 0.6 is 0 Å². The standard InChI is InChI=1S/C18H26N6/c1-3-15-11-19-7-9-21-13-17-5-2-6-18(24-17)14-22-10-8-20-12-16(4-1)23-15/h1-6,19-22H,7-14H2. The Balaban J connectivity index is 1.58. The fourth-order valence-electron chi connectivity index (χ4n) is 2.67. The molecular formula is C18H26N6. The second-order valence-corrected chi connectivity index (χ2v) is 5.95. The van der Waals surface area contributed by atoms with E-state index < -0.39 is 0 Å². The van der Waals surface area contributed by atoms with Gasteiger partial charge in [-0.1, -0.05) is 12.1 Å². The molecule has 0 amide bonds. The molecule has 24 heavy (non-hydrogen) atoms. The van der Waals surface area contributed by atoms with Gasteiger partial charge in [-0.15, -0.1) is 0 Å². The fourth-order valence-corrected chi connectivity index (χ4v) is 2.67. The Kier molecular flexibility index (Phi) is 6.68. The SMILES string of the molecule is c1cc2nc(c1)CNCCNCc1cccc(n1)CNCCNC2. The summed E-state index contributed by atoms with van der Waals surface area (Å²) in [5, 5.41) is 13.7. The predicted octanol–water partition coefficient (Wildman–Crippen LogP) is 0.549. The quantitative estimate of drug-likeness (QED) is 0.567. The number of rotatable bonds is 0. The van der Waals surface area contributed by atoms with Gasteiger partial charge in [0, 0.05) is 52.4 Å². The molecule has 0 radical (unpaired) electrons. The van der Waals surface area contributed by atoms with E-state index in [0.29, 0.717) is 0 Å². The molecule has 6 heteroatoms. The number of fused-ring (bicyclic) bond motifs is 4. The van der Waals surface area contributed by atoms with Crippen molar-refractivity contribution in [1.29, 1.82) is 0 Å². The van der Waals surface area contributed by atoms with Crippen molar-refractivity contribution in [1.82, 2.24) is 31.2 Å². The van der Waals surface area contributed by atoms with Crippen LogP contribution in [-0.4, -0.2) is 36.1 Å². The van der Waals surface area contributed by atoms with Crippen molar-refractivity contribution >= 4 is 0 Å². The van der Waals surface area contributed by atoms with E-state index in [2.05, 4.69) is 67.6 Å². The van der Waals surface area contributed by atoms with Gasteiger partial charge in [0.25, 0.3) is 0 Å². The third-order valence-corrected chi connectivity index (χ3v) is 3.91. The molecular weight excluding hydrogens is 300 g/mol. The molecule has 3 rings (SSSR count). The molecule has 128 valence electrons. The molecule has 0 fully saturated rings. The molecule has 1 aliphatic heterocycles. The van der Waals surface area contributed by atoms with Crippen LogP contribution < -0.4 is 21.3 Å². The van der Waals surface area contributed by atoms with Crippen molar-refractivity contribution in [3.8, 4) is 0 Å². The lowest BCUT2D eigenvalue weighted by Crippen LogP contribution is -2.29. The maximum atomic E-state index is 4.68. The summed E-state index contributed by atoms with van der Waals surface area (Å²) >= 11 is 0. The Labute approximate surface area is 143 Å². The van der Waals surface area contributed by atoms with Gasteiger partial charge in [0.2, 0.25) is 0 Å². The smallest absolute Gasteiger partial charge is 0.0545 e. The summed E-state index contributed by atoms with van der Waals surface area (Å²) in [6.45, 7) is 6.82. The lowest BCUT2D eigenvalue weighted by molar-refractivity contribution is 0.582. The molecule has 4 N–H and O–H groups in total. The average molecular weight is 326 g/mol. The zero-order chi connectivity index (χ0) is 16.5. The van der Waals surface area contributed by atoms with Gasteiger partial charge >= 0.3 is 0 Å². The molecule has 2 aromatic heterocycles. The van der Waals surface area contributed by atoms with Crippen molar-refractivity contribution in [3.63, 3.8) is 0 Å². The summed E-state index contributed by atoms with van der Waals surface area (Å²) in [5.41, 5.74) is 4.34. The van der Waals surface area contributed by atoms with Crippen molar-refractivity contribution in [2.24, 2.45) is 0 Å². The number of pyridine rings is 2. The Morgan fingerprint density at radius 1 is 0.500 bits per heavy atom. The summed E-state index contributed by atoms with van der Waals surface area (Å²) in [4.78, 5) is 9.36. The van der Waals surface area contributed by atoms with Crippen LogP contribution in [0, 0.1) is 0 Å². The van der Waals surface area contributed by atoms with Gasteiger partial charge < -0.3 is 21.3 Å². The van der Waals surface area contributed by atoms with E-state index in [1.54, 1.807) is 0 Å². The number of nitrogens with one attached hydrogen (secondary N) is 4. The zero-order valence-electron chi connectivity index (χ0n) is 14.0. The number of hydrogen-bond acceptors (Lipinski definition) is 6. The monoisotopic (exact) mass is 326 g/mol. The minimum atomic E-state index is 0.796. The Bertz CT molecular complexity index is 528. The summed E-state index contributed by atoms with van der Waals surface area (Å²) in [6, 6.07) is 12.4. The van der Waals surface area contributed by atoms with Gasteiger partial charge in [0.1, 0.15) is 0 Å². The lowest BCUT2D eigenvalue weighted by atomic mass is 10.3. The second-order valence-electron chi connectivity index (χ2n) is 5.95. The number of nitrogens with zero attached hydrogens (tertiary/aromatic N) is 2. The second kappa shape index (κ2) is 9.44. The summed E-state index contributed by atoms with van der Waals surface area (Å²) in [7, 11) is 0. The molecule has 3 heterocycles. The van der Waals surface area contributed by atoms with Crippen molar-refractivity contribution in [2.75, 3.05) is 26.2 Å². The molecule has 0 spiro atoms. The van der Waals surface area contributed by atoms with Crippen LogP contribution in [0.3, 0.4) is 0 Å². The third-order valence-electron chi connectivity index (χ3n) is 3.91. The average Bonchev–Trinajstić information content (AvgIpc) is 2.61. The highest BCUT2D eigenvalue weighted by molar-refractivity contribution is 5.12. The van der Waals surface area contributed by atoms with E-state index in [-0.39, 0.29) is 0 Å². The largest absolute Gasteiger partial charge is 0.310 e. The molecule has 0 saturated carbocycles. The van der Waals surface area contributed by atoms with E-state index in [9.17, 15) is 0 Å². The van der Waals surface area contributed by atoms with Gasteiger partial charge in [-0.2, -0.15) is 0 Å². The highest BCUT2D eigenvalue weighted by Gasteiger charge is 2.01. The van der Waals surface area contributed by atoms with Crippen LogP contribution in [0.4, 0.5) is 0 Å². The first-order valence-electron chi connectivity index (χ1n) is 8.63. The van der Waals surface area contributed by atoms with Gasteiger partial charge in [0.15, 0.2) is 0 Å². The molecule has 1 aliphatic rings. The molecule has 4 bridgehead atoms. The minimum Gasteiger partial charge on any atom is -0.310 e. The van der Waals surface area contributed by atoms with E-state index in [4.69, 9.17) is 0 Å². The first kappa shape index (κ1) is 17.0. The first-order valence-corrected chi connectivity index (χ1v) is 8.63. The van der Waals surface area contributed by atoms with Crippen LogP contribution in [0.2, 0.25) is 0 Å². The molecule has 0 atom stereocenters. The normalized spacial score (nSPS) is 17.7. The maximum absolute atomic E-state index is 4.68. The summed E-state index contributed by atoms with van der Waals surface area (Å²) < 4.78 is 0. The highest BCUT2D eigenvalue weighted by Crippen LogP contribution is 2.00. The molecule has 6 nitrogen and oxygen atoms in total.